The second-order valence-electron chi connectivity index (χ2n) is 3.64. The van der Waals surface area contributed by atoms with Crippen LogP contribution in [-0.4, -0.2) is 19.7 Å². The van der Waals surface area contributed by atoms with Crippen molar-refractivity contribution in [3.63, 3.8) is 0 Å². The van der Waals surface area contributed by atoms with Crippen LogP contribution in [0.3, 0.4) is 0 Å². The van der Waals surface area contributed by atoms with Crippen molar-refractivity contribution < 1.29 is 4.74 Å². The van der Waals surface area contributed by atoms with Crippen molar-refractivity contribution in [1.29, 1.82) is 0 Å². The van der Waals surface area contributed by atoms with E-state index in [1.807, 2.05) is 0 Å². The van der Waals surface area contributed by atoms with Crippen LogP contribution in [0.5, 0.6) is 0 Å². The fraction of sp³-hybridized carbons (Fsp3) is 0.600. The van der Waals surface area contributed by atoms with E-state index in [2.05, 4.69) is 29.1 Å². The summed E-state index contributed by atoms with van der Waals surface area (Å²) in [6.45, 7) is 5.10. The third-order valence-electron chi connectivity index (χ3n) is 2.32. The highest BCUT2D eigenvalue weighted by molar-refractivity contribution is 7.07. The summed E-state index contributed by atoms with van der Waals surface area (Å²) in [6, 6.07) is 2.15. The number of nitrogens with one attached hydrogen (secondary N) is 1. The molecule has 0 aliphatic carbocycles. The van der Waals surface area contributed by atoms with Gasteiger partial charge in [0.05, 0.1) is 12.7 Å². The van der Waals surface area contributed by atoms with Gasteiger partial charge in [-0.15, -0.1) is 0 Å². The van der Waals surface area contributed by atoms with Gasteiger partial charge in [-0.2, -0.15) is 11.3 Å². The van der Waals surface area contributed by atoms with E-state index in [4.69, 9.17) is 4.74 Å². The Balaban J connectivity index is 2.00. The molecule has 0 amide bonds. The lowest BCUT2D eigenvalue weighted by Gasteiger charge is -2.13. The van der Waals surface area contributed by atoms with Crippen LogP contribution in [0.1, 0.15) is 18.6 Å². The number of rotatable bonds is 1. The topological polar surface area (TPSA) is 21.3 Å². The Labute approximate surface area is 82.9 Å². The molecule has 0 radical (unpaired) electrons. The summed E-state index contributed by atoms with van der Waals surface area (Å²) in [7, 11) is 0. The molecule has 2 atom stereocenters. The van der Waals surface area contributed by atoms with Gasteiger partial charge in [-0.3, -0.25) is 0 Å². The fourth-order valence-corrected chi connectivity index (χ4v) is 2.23. The summed E-state index contributed by atoms with van der Waals surface area (Å²) >= 11 is 1.73. The minimum absolute atomic E-state index is 0.260. The van der Waals surface area contributed by atoms with Crippen molar-refractivity contribution in [3.05, 3.63) is 22.4 Å². The Morgan fingerprint density at radius 1 is 1.54 bits per heavy atom. The summed E-state index contributed by atoms with van der Waals surface area (Å²) in [5.41, 5.74) is 1.31. The zero-order valence-electron chi connectivity index (χ0n) is 7.82. The Morgan fingerprint density at radius 3 is 3.23 bits per heavy atom. The van der Waals surface area contributed by atoms with Crippen molar-refractivity contribution in [2.45, 2.75) is 13.0 Å². The van der Waals surface area contributed by atoms with Crippen LogP contribution in [-0.2, 0) is 4.74 Å². The van der Waals surface area contributed by atoms with Crippen LogP contribution in [0.25, 0.3) is 0 Å². The Kier molecular flexibility index (Phi) is 2.98. The Morgan fingerprint density at radius 2 is 2.46 bits per heavy atom. The SMILES string of the molecule is CC1CNCC(c2ccsc2)OC1. The quantitative estimate of drug-likeness (QED) is 0.744. The van der Waals surface area contributed by atoms with Crippen molar-refractivity contribution >= 4 is 11.3 Å². The lowest BCUT2D eigenvalue weighted by atomic mass is 10.2. The molecule has 0 saturated carbocycles. The molecule has 0 bridgehead atoms. The Bertz CT molecular complexity index is 247. The van der Waals surface area contributed by atoms with E-state index < -0.39 is 0 Å². The zero-order valence-corrected chi connectivity index (χ0v) is 8.64. The molecule has 1 aromatic heterocycles. The molecule has 13 heavy (non-hydrogen) atoms. The average molecular weight is 197 g/mol. The number of ether oxygens (including phenoxy) is 1. The molecule has 2 heterocycles. The van der Waals surface area contributed by atoms with Gasteiger partial charge in [-0.25, -0.2) is 0 Å². The van der Waals surface area contributed by atoms with Gasteiger partial charge in [0.2, 0.25) is 0 Å². The molecule has 2 rings (SSSR count). The number of hydrogen-bond acceptors (Lipinski definition) is 3. The summed E-state index contributed by atoms with van der Waals surface area (Å²) in [5.74, 6) is 0.628. The highest BCUT2D eigenvalue weighted by Crippen LogP contribution is 2.21. The molecule has 3 heteroatoms. The van der Waals surface area contributed by atoms with Crippen LogP contribution in [0.4, 0.5) is 0 Å². The van der Waals surface area contributed by atoms with Crippen LogP contribution in [0, 0.1) is 5.92 Å². The van der Waals surface area contributed by atoms with Crippen molar-refractivity contribution in [2.75, 3.05) is 19.7 Å². The van der Waals surface area contributed by atoms with Crippen LogP contribution in [0.2, 0.25) is 0 Å². The molecule has 2 unspecified atom stereocenters. The van der Waals surface area contributed by atoms with Gasteiger partial charge in [-0.05, 0) is 28.3 Å². The van der Waals surface area contributed by atoms with E-state index in [9.17, 15) is 0 Å². The van der Waals surface area contributed by atoms with E-state index in [0.29, 0.717) is 5.92 Å². The first-order valence-corrected chi connectivity index (χ1v) is 5.65. The van der Waals surface area contributed by atoms with Crippen molar-refractivity contribution in [1.82, 2.24) is 5.32 Å². The first-order chi connectivity index (χ1) is 6.36. The standard InChI is InChI=1S/C10H15NOS/c1-8-4-11-5-10(12-6-8)9-2-3-13-7-9/h2-3,7-8,10-11H,4-6H2,1H3. The molecule has 1 aliphatic heterocycles. The van der Waals surface area contributed by atoms with Gasteiger partial charge in [0.15, 0.2) is 0 Å². The number of hydrogen-bond donors (Lipinski definition) is 1. The highest BCUT2D eigenvalue weighted by Gasteiger charge is 2.17. The van der Waals surface area contributed by atoms with E-state index in [0.717, 1.165) is 19.7 Å². The highest BCUT2D eigenvalue weighted by atomic mass is 32.1. The fourth-order valence-electron chi connectivity index (χ4n) is 1.53. The van der Waals surface area contributed by atoms with Gasteiger partial charge in [0.25, 0.3) is 0 Å². The lowest BCUT2D eigenvalue weighted by molar-refractivity contribution is 0.0518. The first kappa shape index (κ1) is 9.19. The molecule has 1 fully saturated rings. The predicted molar refractivity (Wildman–Crippen MR) is 55.0 cm³/mol. The maximum atomic E-state index is 5.80. The molecule has 2 nitrogen and oxygen atoms in total. The third kappa shape index (κ3) is 2.30. The van der Waals surface area contributed by atoms with Gasteiger partial charge in [-0.1, -0.05) is 6.92 Å². The molecular weight excluding hydrogens is 182 g/mol. The van der Waals surface area contributed by atoms with E-state index in [1.54, 1.807) is 11.3 Å². The van der Waals surface area contributed by atoms with E-state index in [1.165, 1.54) is 5.56 Å². The van der Waals surface area contributed by atoms with Crippen LogP contribution in [0.15, 0.2) is 16.8 Å². The van der Waals surface area contributed by atoms with Gasteiger partial charge < -0.3 is 10.1 Å². The molecule has 72 valence electrons. The van der Waals surface area contributed by atoms with Crippen LogP contribution >= 0.6 is 11.3 Å². The minimum Gasteiger partial charge on any atom is -0.372 e. The molecule has 0 aromatic carbocycles. The maximum Gasteiger partial charge on any atom is 0.0957 e. The Hall–Kier alpha value is -0.380. The molecule has 1 N–H and O–H groups in total. The minimum atomic E-state index is 0.260. The molecular formula is C10H15NOS. The monoisotopic (exact) mass is 197 g/mol. The average Bonchev–Trinajstić information content (AvgIpc) is 2.56. The summed E-state index contributed by atoms with van der Waals surface area (Å²) in [6.07, 6.45) is 0.260. The summed E-state index contributed by atoms with van der Waals surface area (Å²) in [4.78, 5) is 0. The summed E-state index contributed by atoms with van der Waals surface area (Å²) < 4.78 is 5.80. The zero-order chi connectivity index (χ0) is 9.10. The predicted octanol–water partition coefficient (Wildman–Crippen LogP) is 2.05. The third-order valence-corrected chi connectivity index (χ3v) is 3.02. The molecule has 0 spiro atoms. The smallest absolute Gasteiger partial charge is 0.0957 e. The molecule has 1 aromatic rings. The summed E-state index contributed by atoms with van der Waals surface area (Å²) in [5, 5.41) is 7.69. The van der Waals surface area contributed by atoms with E-state index >= 15 is 0 Å². The molecule has 1 saturated heterocycles. The number of thiophene rings is 1. The van der Waals surface area contributed by atoms with Gasteiger partial charge in [0, 0.05) is 13.1 Å². The largest absolute Gasteiger partial charge is 0.372 e. The van der Waals surface area contributed by atoms with E-state index in [-0.39, 0.29) is 6.10 Å². The normalized spacial score (nSPS) is 29.9. The second-order valence-corrected chi connectivity index (χ2v) is 4.42. The van der Waals surface area contributed by atoms with Gasteiger partial charge >= 0.3 is 0 Å². The van der Waals surface area contributed by atoms with Crippen LogP contribution < -0.4 is 5.32 Å². The van der Waals surface area contributed by atoms with Crippen molar-refractivity contribution in [3.8, 4) is 0 Å². The maximum absolute atomic E-state index is 5.80. The second kappa shape index (κ2) is 4.22. The van der Waals surface area contributed by atoms with Crippen molar-refractivity contribution in [2.24, 2.45) is 5.92 Å². The lowest BCUT2D eigenvalue weighted by Crippen LogP contribution is -2.22. The van der Waals surface area contributed by atoms with Gasteiger partial charge in [0.1, 0.15) is 0 Å². The molecule has 1 aliphatic rings. The first-order valence-electron chi connectivity index (χ1n) is 4.70.